The first-order chi connectivity index (χ1) is 8.54. The number of nitrogens with two attached hydrogens (primary N) is 1. The Bertz CT molecular complexity index is 406. The van der Waals surface area contributed by atoms with Crippen LogP contribution in [0.3, 0.4) is 0 Å². The molecular weight excluding hydrogens is 232 g/mol. The van der Waals surface area contributed by atoms with Crippen LogP contribution >= 0.6 is 0 Å². The summed E-state index contributed by atoms with van der Waals surface area (Å²) in [6.07, 6.45) is 0.462. The zero-order valence-electron chi connectivity index (χ0n) is 10.3. The van der Waals surface area contributed by atoms with Gasteiger partial charge in [-0.05, 0) is 12.0 Å². The molecule has 1 amide bonds. The van der Waals surface area contributed by atoms with Gasteiger partial charge in [0.15, 0.2) is 0 Å². The molecule has 0 aliphatic carbocycles. The van der Waals surface area contributed by atoms with Gasteiger partial charge < -0.3 is 16.2 Å². The van der Waals surface area contributed by atoms with E-state index in [1.807, 2.05) is 13.0 Å². The second-order valence-electron chi connectivity index (χ2n) is 4.10. The Kier molecular flexibility index (Phi) is 5.32. The summed E-state index contributed by atoms with van der Waals surface area (Å²) in [7, 11) is 0. The smallest absolute Gasteiger partial charge is 0.305 e. The van der Waals surface area contributed by atoms with E-state index in [1.54, 1.807) is 24.3 Å². The van der Waals surface area contributed by atoms with Crippen LogP contribution in [0.4, 0.5) is 0 Å². The average molecular weight is 250 g/mol. The highest BCUT2D eigenvalue weighted by Crippen LogP contribution is 2.10. The van der Waals surface area contributed by atoms with Gasteiger partial charge in [-0.15, -0.1) is 0 Å². The molecule has 1 aromatic rings. The van der Waals surface area contributed by atoms with Crippen molar-refractivity contribution in [3.05, 3.63) is 35.9 Å². The predicted molar refractivity (Wildman–Crippen MR) is 67.8 cm³/mol. The van der Waals surface area contributed by atoms with E-state index in [4.69, 9.17) is 10.8 Å². The molecule has 5 nitrogen and oxygen atoms in total. The van der Waals surface area contributed by atoms with Crippen LogP contribution in [-0.2, 0) is 9.59 Å². The van der Waals surface area contributed by atoms with Crippen molar-refractivity contribution in [1.82, 2.24) is 5.32 Å². The van der Waals surface area contributed by atoms with Crippen LogP contribution in [0.25, 0.3) is 0 Å². The molecule has 0 radical (unpaired) electrons. The quantitative estimate of drug-likeness (QED) is 0.703. The van der Waals surface area contributed by atoms with E-state index in [0.29, 0.717) is 12.0 Å². The standard InChI is InChI=1S/C13H18N2O3/c1-2-10(8-11(16)17)15-13(18)12(14)9-6-4-3-5-7-9/h3-7,10,12H,2,8,14H2,1H3,(H,15,18)(H,16,17)/t10?,12-/m1/s1. The van der Waals surface area contributed by atoms with E-state index in [9.17, 15) is 9.59 Å². The molecule has 5 heteroatoms. The summed E-state index contributed by atoms with van der Waals surface area (Å²) >= 11 is 0. The summed E-state index contributed by atoms with van der Waals surface area (Å²) in [6, 6.07) is 7.82. The summed E-state index contributed by atoms with van der Waals surface area (Å²) in [4.78, 5) is 22.5. The Hall–Kier alpha value is -1.88. The molecule has 0 saturated carbocycles. The van der Waals surface area contributed by atoms with Crippen molar-refractivity contribution < 1.29 is 14.7 Å². The number of benzene rings is 1. The van der Waals surface area contributed by atoms with Crippen LogP contribution in [0.15, 0.2) is 30.3 Å². The lowest BCUT2D eigenvalue weighted by atomic mass is 10.1. The molecule has 0 heterocycles. The minimum atomic E-state index is -0.935. The third-order valence-corrected chi connectivity index (χ3v) is 2.70. The number of hydrogen-bond donors (Lipinski definition) is 3. The van der Waals surface area contributed by atoms with Gasteiger partial charge in [-0.3, -0.25) is 9.59 Å². The Labute approximate surface area is 106 Å². The number of carbonyl (C=O) groups excluding carboxylic acids is 1. The van der Waals surface area contributed by atoms with Gasteiger partial charge in [0.05, 0.1) is 6.42 Å². The molecule has 0 aliphatic heterocycles. The van der Waals surface area contributed by atoms with Crippen LogP contribution in [0.2, 0.25) is 0 Å². The number of carboxylic acids is 1. The summed E-state index contributed by atoms with van der Waals surface area (Å²) < 4.78 is 0. The molecule has 0 bridgehead atoms. The maximum absolute atomic E-state index is 11.9. The van der Waals surface area contributed by atoms with Crippen LogP contribution in [0.5, 0.6) is 0 Å². The van der Waals surface area contributed by atoms with Crippen molar-refractivity contribution in [3.63, 3.8) is 0 Å². The number of aliphatic carboxylic acids is 1. The second kappa shape index (κ2) is 6.76. The molecule has 18 heavy (non-hydrogen) atoms. The first-order valence-electron chi connectivity index (χ1n) is 5.87. The minimum absolute atomic E-state index is 0.0935. The van der Waals surface area contributed by atoms with Gasteiger partial charge in [-0.2, -0.15) is 0 Å². The maximum Gasteiger partial charge on any atom is 0.305 e. The monoisotopic (exact) mass is 250 g/mol. The van der Waals surface area contributed by atoms with Gasteiger partial charge in [-0.1, -0.05) is 37.3 Å². The average Bonchev–Trinajstić information content (AvgIpc) is 2.37. The second-order valence-corrected chi connectivity index (χ2v) is 4.10. The largest absolute Gasteiger partial charge is 0.481 e. The van der Waals surface area contributed by atoms with E-state index >= 15 is 0 Å². The third kappa shape index (κ3) is 4.18. The molecule has 1 aromatic carbocycles. The van der Waals surface area contributed by atoms with E-state index in [2.05, 4.69) is 5.32 Å². The summed E-state index contributed by atoms with van der Waals surface area (Å²) in [5, 5.41) is 11.4. The fraction of sp³-hybridized carbons (Fsp3) is 0.385. The highest BCUT2D eigenvalue weighted by Gasteiger charge is 2.19. The lowest BCUT2D eigenvalue weighted by Gasteiger charge is -2.18. The molecule has 0 fully saturated rings. The normalized spacial score (nSPS) is 13.7. The SMILES string of the molecule is CCC(CC(=O)O)NC(=O)[C@H](N)c1ccccc1. The molecule has 2 atom stereocenters. The first-order valence-corrected chi connectivity index (χ1v) is 5.87. The third-order valence-electron chi connectivity index (χ3n) is 2.70. The van der Waals surface area contributed by atoms with Gasteiger partial charge in [0.2, 0.25) is 5.91 Å². The molecule has 0 aliphatic rings. The molecule has 1 rings (SSSR count). The van der Waals surface area contributed by atoms with Crippen molar-refractivity contribution in [1.29, 1.82) is 0 Å². The summed E-state index contributed by atoms with van der Waals surface area (Å²) in [6.45, 7) is 1.82. The Morgan fingerprint density at radius 1 is 1.33 bits per heavy atom. The highest BCUT2D eigenvalue weighted by molar-refractivity contribution is 5.83. The first kappa shape index (κ1) is 14.2. The number of rotatable bonds is 6. The van der Waals surface area contributed by atoms with Gasteiger partial charge in [-0.25, -0.2) is 0 Å². The Morgan fingerprint density at radius 3 is 2.44 bits per heavy atom. The van der Waals surface area contributed by atoms with Crippen molar-refractivity contribution in [3.8, 4) is 0 Å². The molecule has 0 aromatic heterocycles. The number of carbonyl (C=O) groups is 2. The van der Waals surface area contributed by atoms with E-state index in [0.717, 1.165) is 0 Å². The van der Waals surface area contributed by atoms with Gasteiger partial charge in [0, 0.05) is 6.04 Å². The fourth-order valence-electron chi connectivity index (χ4n) is 1.61. The van der Waals surface area contributed by atoms with Gasteiger partial charge in [0.1, 0.15) is 6.04 Å². The van der Waals surface area contributed by atoms with Crippen molar-refractivity contribution >= 4 is 11.9 Å². The number of hydrogen-bond acceptors (Lipinski definition) is 3. The zero-order chi connectivity index (χ0) is 13.5. The zero-order valence-corrected chi connectivity index (χ0v) is 10.3. The molecule has 98 valence electrons. The van der Waals surface area contributed by atoms with Crippen molar-refractivity contribution in [2.24, 2.45) is 5.73 Å². The topological polar surface area (TPSA) is 92.4 Å². The fourth-order valence-corrected chi connectivity index (χ4v) is 1.61. The molecule has 4 N–H and O–H groups in total. The minimum Gasteiger partial charge on any atom is -0.481 e. The van der Waals surface area contributed by atoms with Gasteiger partial charge >= 0.3 is 5.97 Å². The molecule has 0 spiro atoms. The number of carboxylic acid groups (broad SMARTS) is 1. The molecule has 0 saturated heterocycles. The van der Waals surface area contributed by atoms with E-state index in [1.165, 1.54) is 0 Å². The lowest BCUT2D eigenvalue weighted by molar-refractivity contribution is -0.137. The van der Waals surface area contributed by atoms with Crippen LogP contribution < -0.4 is 11.1 Å². The Balaban J connectivity index is 2.61. The molecule has 1 unspecified atom stereocenters. The summed E-state index contributed by atoms with van der Waals surface area (Å²) in [5.74, 6) is -1.29. The van der Waals surface area contributed by atoms with Crippen molar-refractivity contribution in [2.45, 2.75) is 31.8 Å². The van der Waals surface area contributed by atoms with Crippen LogP contribution in [-0.4, -0.2) is 23.0 Å². The summed E-state index contributed by atoms with van der Waals surface area (Å²) in [5.41, 5.74) is 6.52. The van der Waals surface area contributed by atoms with Crippen LogP contribution in [0.1, 0.15) is 31.4 Å². The Morgan fingerprint density at radius 2 is 1.94 bits per heavy atom. The van der Waals surface area contributed by atoms with Crippen LogP contribution in [0, 0.1) is 0 Å². The molecular formula is C13H18N2O3. The van der Waals surface area contributed by atoms with E-state index in [-0.39, 0.29) is 18.4 Å². The van der Waals surface area contributed by atoms with E-state index < -0.39 is 12.0 Å². The number of amides is 1. The maximum atomic E-state index is 11.9. The number of nitrogens with one attached hydrogen (secondary N) is 1. The van der Waals surface area contributed by atoms with Gasteiger partial charge in [0.25, 0.3) is 0 Å². The van der Waals surface area contributed by atoms with Crippen molar-refractivity contribution in [2.75, 3.05) is 0 Å². The predicted octanol–water partition coefficient (Wildman–Crippen LogP) is 1.06. The highest BCUT2D eigenvalue weighted by atomic mass is 16.4. The lowest BCUT2D eigenvalue weighted by Crippen LogP contribution is -2.41.